The molecule has 0 spiro atoms. The summed E-state index contributed by atoms with van der Waals surface area (Å²) in [6.45, 7) is 1.86. The summed E-state index contributed by atoms with van der Waals surface area (Å²) in [6, 6.07) is 14.5. The Morgan fingerprint density at radius 2 is 2.04 bits per heavy atom. The molecule has 142 valence electrons. The Kier molecular flexibility index (Phi) is 4.87. The average Bonchev–Trinajstić information content (AvgIpc) is 3.15. The van der Waals surface area contributed by atoms with Gasteiger partial charge in [-0.2, -0.15) is 10.1 Å². The number of nitrogens with zero attached hydrogens (tertiary/aromatic N) is 3. The number of amides is 1. The first kappa shape index (κ1) is 18.2. The quantitative estimate of drug-likeness (QED) is 0.642. The molecule has 8 heteroatoms. The molecule has 7 nitrogen and oxygen atoms in total. The van der Waals surface area contributed by atoms with Gasteiger partial charge in [0.05, 0.1) is 12.7 Å². The number of carbonyl (C=O) groups excluding carboxylic acids is 1. The number of halogens is 1. The maximum atomic E-state index is 13.3. The summed E-state index contributed by atoms with van der Waals surface area (Å²) < 4.78 is 8.14. The average molecular weight is 440 g/mol. The van der Waals surface area contributed by atoms with Gasteiger partial charge in [-0.25, -0.2) is 4.68 Å². The third-order valence-corrected chi connectivity index (χ3v) is 5.05. The minimum absolute atomic E-state index is 0.218. The van der Waals surface area contributed by atoms with Crippen LogP contribution in [0.3, 0.4) is 0 Å². The van der Waals surface area contributed by atoms with E-state index in [0.29, 0.717) is 23.0 Å². The second kappa shape index (κ2) is 7.47. The van der Waals surface area contributed by atoms with Crippen molar-refractivity contribution in [2.24, 2.45) is 0 Å². The van der Waals surface area contributed by atoms with E-state index in [-0.39, 0.29) is 5.91 Å². The molecule has 1 aliphatic rings. The van der Waals surface area contributed by atoms with Crippen LogP contribution in [0.2, 0.25) is 0 Å². The predicted octanol–water partition coefficient (Wildman–Crippen LogP) is 3.98. The van der Waals surface area contributed by atoms with Crippen molar-refractivity contribution < 1.29 is 9.53 Å². The van der Waals surface area contributed by atoms with Crippen LogP contribution in [-0.2, 0) is 4.79 Å². The van der Waals surface area contributed by atoms with E-state index in [4.69, 9.17) is 4.74 Å². The molecule has 0 saturated carbocycles. The Labute approximate surface area is 170 Å². The number of nitrogens with one attached hydrogen (secondary N) is 2. The monoisotopic (exact) mass is 439 g/mol. The van der Waals surface area contributed by atoms with Crippen LogP contribution in [0.5, 0.6) is 5.75 Å². The molecule has 0 fully saturated rings. The first-order valence-electron chi connectivity index (χ1n) is 8.65. The van der Waals surface area contributed by atoms with Gasteiger partial charge in [-0.1, -0.05) is 34.1 Å². The molecule has 4 rings (SSSR count). The number of ether oxygens (including phenoxy) is 1. The highest BCUT2D eigenvalue weighted by Crippen LogP contribution is 2.40. The summed E-state index contributed by atoms with van der Waals surface area (Å²) >= 11 is 3.52. The number of carbonyl (C=O) groups is 1. The highest BCUT2D eigenvalue weighted by molar-refractivity contribution is 9.10. The molecule has 0 saturated heterocycles. The van der Waals surface area contributed by atoms with Crippen molar-refractivity contribution in [3.8, 4) is 5.75 Å². The Morgan fingerprint density at radius 3 is 2.79 bits per heavy atom. The highest BCUT2D eigenvalue weighted by atomic mass is 79.9. The Bertz CT molecular complexity index is 1060. The zero-order valence-corrected chi connectivity index (χ0v) is 16.9. The molecule has 2 N–H and O–H groups in total. The molecule has 28 heavy (non-hydrogen) atoms. The standard InChI is InChI=1S/C20H18BrN5O2/c1-12-17(19(27)25-14-6-4-3-5-7-14)18(26-20(24-12)22-11-23-26)15-10-13(21)8-9-16(15)28-2/h3-11,18H,1-2H3,(H,25,27)(H,22,23,24). The van der Waals surface area contributed by atoms with Gasteiger partial charge in [0.15, 0.2) is 0 Å². The van der Waals surface area contributed by atoms with Crippen molar-refractivity contribution in [3.63, 3.8) is 0 Å². The molecule has 0 radical (unpaired) electrons. The van der Waals surface area contributed by atoms with Crippen molar-refractivity contribution in [2.45, 2.75) is 13.0 Å². The van der Waals surface area contributed by atoms with Crippen LogP contribution in [0.25, 0.3) is 0 Å². The minimum Gasteiger partial charge on any atom is -0.496 e. The van der Waals surface area contributed by atoms with E-state index in [9.17, 15) is 4.79 Å². The summed E-state index contributed by atoms with van der Waals surface area (Å²) in [5.41, 5.74) is 2.78. The molecule has 0 aliphatic carbocycles. The van der Waals surface area contributed by atoms with Crippen LogP contribution in [0.1, 0.15) is 18.5 Å². The Balaban J connectivity index is 1.83. The number of allylic oxidation sites excluding steroid dienone is 1. The molecule has 2 heterocycles. The smallest absolute Gasteiger partial charge is 0.255 e. The van der Waals surface area contributed by atoms with E-state index in [2.05, 4.69) is 36.6 Å². The molecule has 1 amide bonds. The first-order chi connectivity index (χ1) is 13.6. The normalized spacial score (nSPS) is 15.6. The fraction of sp³-hybridized carbons (Fsp3) is 0.150. The summed E-state index contributed by atoms with van der Waals surface area (Å²) in [5, 5.41) is 10.5. The fourth-order valence-corrected chi connectivity index (χ4v) is 3.69. The number of hydrogen-bond donors (Lipinski definition) is 2. The molecule has 1 unspecified atom stereocenters. The molecular weight excluding hydrogens is 422 g/mol. The second-order valence-electron chi connectivity index (χ2n) is 6.30. The van der Waals surface area contributed by atoms with Crippen LogP contribution in [0, 0.1) is 0 Å². The first-order valence-corrected chi connectivity index (χ1v) is 9.45. The Morgan fingerprint density at radius 1 is 1.25 bits per heavy atom. The van der Waals surface area contributed by atoms with E-state index in [0.717, 1.165) is 15.7 Å². The van der Waals surface area contributed by atoms with Gasteiger partial charge in [-0.3, -0.25) is 4.79 Å². The van der Waals surface area contributed by atoms with E-state index in [1.165, 1.54) is 6.33 Å². The molecule has 1 aromatic heterocycles. The van der Waals surface area contributed by atoms with E-state index in [1.54, 1.807) is 11.8 Å². The van der Waals surface area contributed by atoms with Crippen LogP contribution in [0.15, 0.2) is 70.6 Å². The number of rotatable bonds is 4. The molecule has 2 aromatic carbocycles. The maximum absolute atomic E-state index is 13.3. The van der Waals surface area contributed by atoms with Crippen LogP contribution in [0.4, 0.5) is 11.6 Å². The highest BCUT2D eigenvalue weighted by Gasteiger charge is 2.35. The van der Waals surface area contributed by atoms with Crippen LogP contribution >= 0.6 is 15.9 Å². The van der Waals surface area contributed by atoms with Gasteiger partial charge in [-0.05, 0) is 37.3 Å². The molecule has 1 aliphatic heterocycles. The molecular formula is C20H18BrN5O2. The SMILES string of the molecule is COc1ccc(Br)cc1C1C(C(=O)Nc2ccccc2)=C(C)Nc2ncnn21. The van der Waals surface area contributed by atoms with Crippen molar-refractivity contribution in [1.29, 1.82) is 0 Å². The van der Waals surface area contributed by atoms with Gasteiger partial charge < -0.3 is 15.4 Å². The number of aromatic nitrogens is 3. The lowest BCUT2D eigenvalue weighted by Gasteiger charge is -2.29. The number of anilines is 2. The number of para-hydroxylation sites is 1. The van der Waals surface area contributed by atoms with Gasteiger partial charge in [0.2, 0.25) is 5.95 Å². The van der Waals surface area contributed by atoms with E-state index in [1.807, 2.05) is 55.5 Å². The van der Waals surface area contributed by atoms with Crippen molar-refractivity contribution in [1.82, 2.24) is 14.8 Å². The lowest BCUT2D eigenvalue weighted by Crippen LogP contribution is -2.31. The Hall–Kier alpha value is -3.13. The lowest BCUT2D eigenvalue weighted by atomic mass is 9.94. The van der Waals surface area contributed by atoms with Gasteiger partial charge in [0.25, 0.3) is 5.91 Å². The molecule has 0 bridgehead atoms. The van der Waals surface area contributed by atoms with Gasteiger partial charge in [0, 0.05) is 21.4 Å². The van der Waals surface area contributed by atoms with Crippen LogP contribution in [-0.4, -0.2) is 27.8 Å². The zero-order chi connectivity index (χ0) is 19.7. The van der Waals surface area contributed by atoms with Crippen molar-refractivity contribution in [2.75, 3.05) is 17.7 Å². The largest absolute Gasteiger partial charge is 0.496 e. The van der Waals surface area contributed by atoms with E-state index < -0.39 is 6.04 Å². The third-order valence-electron chi connectivity index (χ3n) is 4.56. The fourth-order valence-electron chi connectivity index (χ4n) is 3.31. The zero-order valence-electron chi connectivity index (χ0n) is 15.3. The number of hydrogen-bond acceptors (Lipinski definition) is 5. The number of benzene rings is 2. The van der Waals surface area contributed by atoms with E-state index >= 15 is 0 Å². The summed E-state index contributed by atoms with van der Waals surface area (Å²) in [6.07, 6.45) is 1.46. The lowest BCUT2D eigenvalue weighted by molar-refractivity contribution is -0.113. The number of methoxy groups -OCH3 is 1. The van der Waals surface area contributed by atoms with Gasteiger partial charge in [-0.15, -0.1) is 0 Å². The number of fused-ring (bicyclic) bond motifs is 1. The predicted molar refractivity (Wildman–Crippen MR) is 110 cm³/mol. The third kappa shape index (κ3) is 3.27. The minimum atomic E-state index is -0.491. The summed E-state index contributed by atoms with van der Waals surface area (Å²) in [4.78, 5) is 17.5. The molecule has 1 atom stereocenters. The molecule has 3 aromatic rings. The summed E-state index contributed by atoms with van der Waals surface area (Å²) in [5.74, 6) is 1.01. The van der Waals surface area contributed by atoms with Crippen molar-refractivity contribution in [3.05, 3.63) is 76.2 Å². The summed E-state index contributed by atoms with van der Waals surface area (Å²) in [7, 11) is 1.61. The van der Waals surface area contributed by atoms with Crippen molar-refractivity contribution >= 4 is 33.5 Å². The van der Waals surface area contributed by atoms with Gasteiger partial charge in [0.1, 0.15) is 18.1 Å². The maximum Gasteiger partial charge on any atom is 0.255 e. The second-order valence-corrected chi connectivity index (χ2v) is 7.22. The van der Waals surface area contributed by atoms with Crippen LogP contribution < -0.4 is 15.4 Å². The van der Waals surface area contributed by atoms with Gasteiger partial charge >= 0.3 is 0 Å². The topological polar surface area (TPSA) is 81.1 Å².